The third-order valence-electron chi connectivity index (χ3n) is 4.26. The number of hydrogen-bond donors (Lipinski definition) is 2. The van der Waals surface area contributed by atoms with Gasteiger partial charge in [-0.3, -0.25) is 4.99 Å². The van der Waals surface area contributed by atoms with Crippen molar-refractivity contribution in [1.82, 2.24) is 0 Å². The van der Waals surface area contributed by atoms with Crippen LogP contribution in [-0.2, 0) is 4.79 Å². The van der Waals surface area contributed by atoms with Crippen LogP contribution in [-0.4, -0.2) is 42.2 Å². The predicted molar refractivity (Wildman–Crippen MR) is 165 cm³/mol. The fourth-order valence-electron chi connectivity index (χ4n) is 2.57. The van der Waals surface area contributed by atoms with Gasteiger partial charge in [0.1, 0.15) is 22.8 Å². The van der Waals surface area contributed by atoms with E-state index < -0.39 is 17.8 Å². The molecule has 2 N–H and O–H groups in total. The van der Waals surface area contributed by atoms with E-state index in [1.54, 1.807) is 19.9 Å². The molecule has 0 aliphatic carbocycles. The molecule has 0 amide bonds. The molecule has 0 spiro atoms. The lowest BCUT2D eigenvalue weighted by Crippen LogP contribution is -2.19. The van der Waals surface area contributed by atoms with Crippen molar-refractivity contribution in [3.63, 3.8) is 0 Å². The SMILES string of the molecule is C=C(/C=C(C)/C(C)=C/C(O)=C(\C=NCCC)C(=O)O)c1cc(OC(C)(F)F)ccc1OC.CC.CC.CC(C)C. The molecule has 0 unspecified atom stereocenters. The number of nitrogens with zero attached hydrogens (tertiary/aromatic N) is 1. The molecule has 0 aromatic heterocycles. The zero-order valence-electron chi connectivity index (χ0n) is 26.5. The van der Waals surface area contributed by atoms with Gasteiger partial charge in [-0.1, -0.05) is 68.0 Å². The van der Waals surface area contributed by atoms with Gasteiger partial charge in [0.25, 0.3) is 0 Å². The molecule has 1 aromatic rings. The molecule has 40 heavy (non-hydrogen) atoms. The van der Waals surface area contributed by atoms with E-state index in [-0.39, 0.29) is 11.3 Å². The monoisotopic (exact) mass is 567 g/mol. The van der Waals surface area contributed by atoms with E-state index in [0.29, 0.717) is 41.5 Å². The number of aliphatic hydroxyl groups excluding tert-OH is 1. The molecule has 0 aliphatic rings. The van der Waals surface area contributed by atoms with Crippen LogP contribution in [0.25, 0.3) is 5.57 Å². The number of hydrogen-bond acceptors (Lipinski definition) is 5. The minimum Gasteiger partial charge on any atom is -0.507 e. The predicted octanol–water partition coefficient (Wildman–Crippen LogP) is 9.68. The van der Waals surface area contributed by atoms with Gasteiger partial charge in [-0.25, -0.2) is 4.79 Å². The van der Waals surface area contributed by atoms with Crippen LogP contribution in [0.2, 0.25) is 0 Å². The summed E-state index contributed by atoms with van der Waals surface area (Å²) in [7, 11) is 1.44. The molecule has 0 radical (unpaired) electrons. The molecule has 0 atom stereocenters. The van der Waals surface area contributed by atoms with Gasteiger partial charge in [-0.15, -0.1) is 0 Å². The lowest BCUT2D eigenvalue weighted by Gasteiger charge is -2.16. The maximum atomic E-state index is 13.2. The zero-order valence-corrected chi connectivity index (χ0v) is 26.5. The summed E-state index contributed by atoms with van der Waals surface area (Å²) in [6, 6.07) is 4.26. The summed E-state index contributed by atoms with van der Waals surface area (Å²) < 4.78 is 36.3. The van der Waals surface area contributed by atoms with Gasteiger partial charge in [0, 0.05) is 25.2 Å². The number of halogens is 2. The Morgan fingerprint density at radius 1 is 1.07 bits per heavy atom. The normalized spacial score (nSPS) is 12.2. The van der Waals surface area contributed by atoms with Crippen LogP contribution in [0, 0.1) is 5.92 Å². The topological polar surface area (TPSA) is 88.4 Å². The fraction of sp³-hybridized carbons (Fsp3) is 0.500. The molecule has 0 fully saturated rings. The van der Waals surface area contributed by atoms with Gasteiger partial charge in [-0.05, 0) is 67.2 Å². The molecule has 0 aliphatic heterocycles. The summed E-state index contributed by atoms with van der Waals surface area (Å²) in [6.45, 7) is 24.9. The van der Waals surface area contributed by atoms with Gasteiger partial charge in [-0.2, -0.15) is 8.78 Å². The summed E-state index contributed by atoms with van der Waals surface area (Å²) >= 11 is 0. The largest absolute Gasteiger partial charge is 0.507 e. The molecule has 0 saturated carbocycles. The number of ether oxygens (including phenoxy) is 2. The second-order valence-electron chi connectivity index (χ2n) is 8.82. The Hall–Kier alpha value is -3.42. The fourth-order valence-corrected chi connectivity index (χ4v) is 2.57. The minimum absolute atomic E-state index is 0.0502. The summed E-state index contributed by atoms with van der Waals surface area (Å²) in [5, 5.41) is 19.6. The molecular weight excluding hydrogens is 516 g/mol. The third-order valence-corrected chi connectivity index (χ3v) is 4.26. The standard InChI is InChI=1S/C24H29F2NO5.C4H10.2C2H6/c1-7-10-27-14-20(23(29)30)21(28)12-16(3)15(2)11-17(4)19-13-18(32-24(5,25)26)8-9-22(19)31-6;1-4(2)3;2*1-2/h8-9,11-14,28H,4,7,10H2,1-3,5-6H3,(H,29,30);4H,1-3H3;2*1-2H3/b15-11+,16-12+,21-20-,27-14?;;;. The van der Waals surface area contributed by atoms with Crippen molar-refractivity contribution in [1.29, 1.82) is 0 Å². The summed E-state index contributed by atoms with van der Waals surface area (Å²) in [6.07, 6.45) is 1.51. The summed E-state index contributed by atoms with van der Waals surface area (Å²) in [4.78, 5) is 15.4. The first-order chi connectivity index (χ1) is 18.6. The molecule has 1 aromatic carbocycles. The number of carboxylic acid groups (broad SMARTS) is 1. The molecule has 8 heteroatoms. The molecule has 0 bridgehead atoms. The number of methoxy groups -OCH3 is 1. The van der Waals surface area contributed by atoms with Gasteiger partial charge in [0.2, 0.25) is 0 Å². The van der Waals surface area contributed by atoms with E-state index in [1.165, 1.54) is 31.4 Å². The van der Waals surface area contributed by atoms with Crippen LogP contribution in [0.3, 0.4) is 0 Å². The Kier molecular flexibility index (Phi) is 23.0. The van der Waals surface area contributed by atoms with Crippen molar-refractivity contribution in [3.8, 4) is 11.5 Å². The highest BCUT2D eigenvalue weighted by molar-refractivity contribution is 6.09. The lowest BCUT2D eigenvalue weighted by atomic mass is 10.00. The van der Waals surface area contributed by atoms with E-state index in [9.17, 15) is 23.8 Å². The van der Waals surface area contributed by atoms with E-state index in [4.69, 9.17) is 4.74 Å². The first kappa shape index (κ1) is 41.1. The number of aliphatic imine (C=N–C) groups is 1. The van der Waals surface area contributed by atoms with Crippen molar-refractivity contribution >= 4 is 17.8 Å². The Morgan fingerprint density at radius 2 is 1.57 bits per heavy atom. The second kappa shape index (κ2) is 22.4. The Balaban J connectivity index is -0.00000153. The quantitative estimate of drug-likeness (QED) is 0.120. The van der Waals surface area contributed by atoms with Crippen molar-refractivity contribution in [3.05, 3.63) is 65.0 Å². The number of carbonyl (C=O) groups is 1. The maximum Gasteiger partial charge on any atom is 0.394 e. The number of alkyl halides is 2. The molecule has 228 valence electrons. The second-order valence-corrected chi connectivity index (χ2v) is 8.82. The first-order valence-corrected chi connectivity index (χ1v) is 13.6. The van der Waals surface area contributed by atoms with Crippen molar-refractivity contribution in [2.75, 3.05) is 13.7 Å². The van der Waals surface area contributed by atoms with E-state index in [1.807, 2.05) is 34.6 Å². The molecular formula is C32H51F2NO5. The average Bonchev–Trinajstić information content (AvgIpc) is 2.87. The van der Waals surface area contributed by atoms with Gasteiger partial charge in [0.15, 0.2) is 0 Å². The number of aliphatic carboxylic acids is 1. The van der Waals surface area contributed by atoms with Crippen molar-refractivity contribution in [2.24, 2.45) is 10.9 Å². The number of carboxylic acids is 1. The van der Waals surface area contributed by atoms with Crippen LogP contribution in [0.1, 0.15) is 88.1 Å². The average molecular weight is 568 g/mol. The number of aliphatic hydroxyl groups is 1. The van der Waals surface area contributed by atoms with Crippen LogP contribution >= 0.6 is 0 Å². The first-order valence-electron chi connectivity index (χ1n) is 13.6. The van der Waals surface area contributed by atoms with Crippen molar-refractivity contribution in [2.45, 2.75) is 88.7 Å². The highest BCUT2D eigenvalue weighted by atomic mass is 19.3. The molecule has 1 rings (SSSR count). The summed E-state index contributed by atoms with van der Waals surface area (Å²) in [5.41, 5.74) is 1.79. The van der Waals surface area contributed by atoms with Crippen LogP contribution < -0.4 is 9.47 Å². The van der Waals surface area contributed by atoms with Gasteiger partial charge < -0.3 is 19.7 Å². The lowest BCUT2D eigenvalue weighted by molar-refractivity contribution is -0.159. The number of allylic oxidation sites excluding steroid dienone is 5. The minimum atomic E-state index is -3.34. The van der Waals surface area contributed by atoms with Crippen LogP contribution in [0.4, 0.5) is 8.78 Å². The van der Waals surface area contributed by atoms with E-state index >= 15 is 0 Å². The maximum absolute atomic E-state index is 13.2. The van der Waals surface area contributed by atoms with E-state index in [0.717, 1.165) is 18.6 Å². The highest BCUT2D eigenvalue weighted by Gasteiger charge is 2.23. The number of benzene rings is 1. The van der Waals surface area contributed by atoms with Crippen molar-refractivity contribution < 1.29 is 33.3 Å². The van der Waals surface area contributed by atoms with Crippen LogP contribution in [0.5, 0.6) is 11.5 Å². The number of rotatable bonds is 11. The van der Waals surface area contributed by atoms with Gasteiger partial charge in [0.05, 0.1) is 7.11 Å². The third kappa shape index (κ3) is 18.8. The van der Waals surface area contributed by atoms with Crippen LogP contribution in [0.15, 0.2) is 64.4 Å². The Morgan fingerprint density at radius 3 is 2.00 bits per heavy atom. The molecule has 6 nitrogen and oxygen atoms in total. The smallest absolute Gasteiger partial charge is 0.394 e. The Bertz CT molecular complexity index is 1010. The Labute approximate surface area is 240 Å². The summed E-state index contributed by atoms with van der Waals surface area (Å²) in [5.74, 6) is -0.542. The highest BCUT2D eigenvalue weighted by Crippen LogP contribution is 2.33. The zero-order chi connectivity index (χ0) is 32.1. The molecule has 0 heterocycles. The van der Waals surface area contributed by atoms with E-state index in [2.05, 4.69) is 37.1 Å². The van der Waals surface area contributed by atoms with Gasteiger partial charge >= 0.3 is 12.1 Å². The molecule has 0 saturated heterocycles.